The van der Waals surface area contributed by atoms with Crippen molar-refractivity contribution in [2.75, 3.05) is 5.32 Å². The lowest BCUT2D eigenvalue weighted by atomic mass is 9.96. The number of fused-ring (bicyclic) bond motifs is 3. The maximum atomic E-state index is 9.96. The van der Waals surface area contributed by atoms with Crippen molar-refractivity contribution in [3.8, 4) is 6.07 Å². The zero-order valence-electron chi connectivity index (χ0n) is 18.2. The van der Waals surface area contributed by atoms with Crippen LogP contribution >= 0.6 is 0 Å². The Morgan fingerprint density at radius 1 is 1.10 bits per heavy atom. The normalized spacial score (nSPS) is 11.3. The van der Waals surface area contributed by atoms with E-state index in [-0.39, 0.29) is 0 Å². The van der Waals surface area contributed by atoms with E-state index in [0.717, 1.165) is 53.0 Å². The number of nitriles is 1. The van der Waals surface area contributed by atoms with Gasteiger partial charge in [-0.15, -0.1) is 0 Å². The van der Waals surface area contributed by atoms with Gasteiger partial charge in [-0.05, 0) is 73.1 Å². The highest BCUT2D eigenvalue weighted by Crippen LogP contribution is 2.34. The molecule has 0 saturated carbocycles. The van der Waals surface area contributed by atoms with E-state index in [1.54, 1.807) is 0 Å². The van der Waals surface area contributed by atoms with Gasteiger partial charge in [0.2, 0.25) is 0 Å². The molecule has 0 aliphatic rings. The van der Waals surface area contributed by atoms with Crippen molar-refractivity contribution in [3.63, 3.8) is 0 Å². The Morgan fingerprint density at radius 2 is 1.83 bits per heavy atom. The average molecular weight is 397 g/mol. The molecule has 0 atom stereocenters. The van der Waals surface area contributed by atoms with Gasteiger partial charge in [-0.1, -0.05) is 45.0 Å². The van der Waals surface area contributed by atoms with Crippen molar-refractivity contribution in [2.24, 2.45) is 5.92 Å². The van der Waals surface area contributed by atoms with E-state index in [1.807, 2.05) is 18.2 Å². The lowest BCUT2D eigenvalue weighted by Crippen LogP contribution is -2.09. The van der Waals surface area contributed by atoms with Gasteiger partial charge in [-0.25, -0.2) is 4.98 Å². The van der Waals surface area contributed by atoms with Gasteiger partial charge in [-0.2, -0.15) is 5.26 Å². The molecule has 2 heterocycles. The zero-order valence-corrected chi connectivity index (χ0v) is 18.2. The van der Waals surface area contributed by atoms with Gasteiger partial charge >= 0.3 is 0 Å². The van der Waals surface area contributed by atoms with Crippen LogP contribution in [0, 0.1) is 24.2 Å². The predicted molar refractivity (Wildman–Crippen MR) is 124 cm³/mol. The van der Waals surface area contributed by atoms with Crippen molar-refractivity contribution in [3.05, 3.63) is 70.8 Å². The number of nitrogens with zero attached hydrogens (tertiary/aromatic N) is 3. The molecule has 4 aromatic rings. The number of hydrogen-bond donors (Lipinski definition) is 1. The molecule has 0 radical (unpaired) electrons. The summed E-state index contributed by atoms with van der Waals surface area (Å²) >= 11 is 0. The molecule has 0 amide bonds. The highest BCUT2D eigenvalue weighted by atomic mass is 15.1. The highest BCUT2D eigenvalue weighted by molar-refractivity contribution is 5.87. The van der Waals surface area contributed by atoms with Crippen molar-refractivity contribution >= 4 is 28.2 Å². The summed E-state index contributed by atoms with van der Waals surface area (Å²) in [5.41, 5.74) is 7.87. The monoisotopic (exact) mass is 396 g/mol. The number of imidazole rings is 1. The third kappa shape index (κ3) is 3.52. The van der Waals surface area contributed by atoms with Crippen LogP contribution in [0.4, 0.5) is 11.5 Å². The Balaban J connectivity index is 2.00. The molecule has 4 rings (SSSR count). The maximum absolute atomic E-state index is 9.96. The first-order chi connectivity index (χ1) is 14.5. The molecule has 2 aromatic heterocycles. The van der Waals surface area contributed by atoms with Crippen molar-refractivity contribution in [1.29, 1.82) is 5.26 Å². The highest BCUT2D eigenvalue weighted by Gasteiger charge is 2.21. The standard InChI is InChI=1S/C26H28N4/c1-5-19-11-13-20(14-12-19)28-25-21(15-10-17(2)3)18(4)22(16-27)26-29-23-8-6-7-9-24(23)30(25)26/h6-9,11-14,17,28H,5,10,15H2,1-4H3. The van der Waals surface area contributed by atoms with Crippen LogP contribution in [0.5, 0.6) is 0 Å². The molecule has 4 nitrogen and oxygen atoms in total. The van der Waals surface area contributed by atoms with E-state index in [2.05, 4.69) is 73.8 Å². The molecule has 0 aliphatic carbocycles. The number of rotatable bonds is 6. The van der Waals surface area contributed by atoms with Gasteiger partial charge < -0.3 is 5.32 Å². The third-order valence-corrected chi connectivity index (χ3v) is 5.83. The maximum Gasteiger partial charge on any atom is 0.157 e. The number of aryl methyl sites for hydroxylation is 1. The number of hydrogen-bond acceptors (Lipinski definition) is 3. The lowest BCUT2D eigenvalue weighted by molar-refractivity contribution is 0.585. The topological polar surface area (TPSA) is 53.1 Å². The minimum Gasteiger partial charge on any atom is -0.341 e. The molecule has 0 bridgehead atoms. The van der Waals surface area contributed by atoms with Gasteiger partial charge in [0, 0.05) is 5.69 Å². The summed E-state index contributed by atoms with van der Waals surface area (Å²) < 4.78 is 2.13. The van der Waals surface area contributed by atoms with Crippen LogP contribution in [-0.2, 0) is 12.8 Å². The quantitative estimate of drug-likeness (QED) is 0.401. The Labute approximate surface area is 178 Å². The molecule has 0 aliphatic heterocycles. The summed E-state index contributed by atoms with van der Waals surface area (Å²) in [5, 5.41) is 13.6. The van der Waals surface area contributed by atoms with Gasteiger partial charge in [-0.3, -0.25) is 4.40 Å². The van der Waals surface area contributed by atoms with E-state index in [0.29, 0.717) is 11.5 Å². The van der Waals surface area contributed by atoms with E-state index >= 15 is 0 Å². The molecule has 1 N–H and O–H groups in total. The molecule has 2 aromatic carbocycles. The first-order valence-corrected chi connectivity index (χ1v) is 10.7. The molecule has 0 unspecified atom stereocenters. The summed E-state index contributed by atoms with van der Waals surface area (Å²) in [6.45, 7) is 8.70. The van der Waals surface area contributed by atoms with Gasteiger partial charge in [0.15, 0.2) is 5.65 Å². The number of para-hydroxylation sites is 2. The second-order valence-corrected chi connectivity index (χ2v) is 8.31. The Kier molecular flexibility index (Phi) is 5.46. The molecular formula is C26H28N4. The average Bonchev–Trinajstić information content (AvgIpc) is 3.13. The summed E-state index contributed by atoms with van der Waals surface area (Å²) in [7, 11) is 0. The minimum atomic E-state index is 0.585. The van der Waals surface area contributed by atoms with Crippen molar-refractivity contribution in [1.82, 2.24) is 9.38 Å². The fourth-order valence-electron chi connectivity index (χ4n) is 4.02. The van der Waals surface area contributed by atoms with E-state index in [1.165, 1.54) is 11.1 Å². The number of anilines is 2. The fourth-order valence-corrected chi connectivity index (χ4v) is 4.02. The fraction of sp³-hybridized carbons (Fsp3) is 0.308. The first kappa shape index (κ1) is 20.0. The van der Waals surface area contributed by atoms with Crippen LogP contribution in [0.3, 0.4) is 0 Å². The number of nitrogens with one attached hydrogen (secondary N) is 1. The molecule has 30 heavy (non-hydrogen) atoms. The van der Waals surface area contributed by atoms with Gasteiger partial charge in [0.25, 0.3) is 0 Å². The number of pyridine rings is 1. The van der Waals surface area contributed by atoms with E-state index in [9.17, 15) is 5.26 Å². The van der Waals surface area contributed by atoms with Crippen LogP contribution in [0.15, 0.2) is 48.5 Å². The smallest absolute Gasteiger partial charge is 0.157 e. The van der Waals surface area contributed by atoms with Gasteiger partial charge in [0.05, 0.1) is 16.6 Å². The Hall–Kier alpha value is -3.32. The largest absolute Gasteiger partial charge is 0.341 e. The number of aromatic nitrogens is 2. The van der Waals surface area contributed by atoms with Crippen molar-refractivity contribution in [2.45, 2.75) is 47.0 Å². The molecular weight excluding hydrogens is 368 g/mol. The van der Waals surface area contributed by atoms with Crippen LogP contribution in [0.2, 0.25) is 0 Å². The van der Waals surface area contributed by atoms with Crippen molar-refractivity contribution < 1.29 is 0 Å². The summed E-state index contributed by atoms with van der Waals surface area (Å²) in [6, 6.07) is 19.1. The first-order valence-electron chi connectivity index (χ1n) is 10.7. The summed E-state index contributed by atoms with van der Waals surface area (Å²) in [5.74, 6) is 1.60. The molecule has 152 valence electrons. The molecule has 0 spiro atoms. The number of benzene rings is 2. The van der Waals surface area contributed by atoms with Crippen LogP contribution in [0.25, 0.3) is 16.7 Å². The lowest BCUT2D eigenvalue weighted by Gasteiger charge is -2.20. The predicted octanol–water partition coefficient (Wildman–Crippen LogP) is 6.56. The van der Waals surface area contributed by atoms with Crippen LogP contribution in [-0.4, -0.2) is 9.38 Å². The molecule has 0 saturated heterocycles. The summed E-state index contributed by atoms with van der Waals surface area (Å²) in [6.07, 6.45) is 3.00. The molecule has 0 fully saturated rings. The molecule has 4 heteroatoms. The van der Waals surface area contributed by atoms with Crippen LogP contribution in [0.1, 0.15) is 49.4 Å². The van der Waals surface area contributed by atoms with Crippen LogP contribution < -0.4 is 5.32 Å². The summed E-state index contributed by atoms with van der Waals surface area (Å²) in [4.78, 5) is 4.81. The minimum absolute atomic E-state index is 0.585. The zero-order chi connectivity index (χ0) is 21.3. The van der Waals surface area contributed by atoms with E-state index in [4.69, 9.17) is 4.98 Å². The Bertz CT molecular complexity index is 1240. The third-order valence-electron chi connectivity index (χ3n) is 5.83. The van der Waals surface area contributed by atoms with E-state index < -0.39 is 0 Å². The van der Waals surface area contributed by atoms with Gasteiger partial charge in [0.1, 0.15) is 11.9 Å². The Morgan fingerprint density at radius 3 is 2.50 bits per heavy atom. The SMILES string of the molecule is CCc1ccc(Nc2c(CCC(C)C)c(C)c(C#N)c3nc4ccccc4n23)cc1. The second kappa shape index (κ2) is 8.20. The second-order valence-electron chi connectivity index (χ2n) is 8.31.